The molecule has 0 aromatic heterocycles. The van der Waals surface area contributed by atoms with Gasteiger partial charge < -0.3 is 13.8 Å². The van der Waals surface area contributed by atoms with E-state index in [0.29, 0.717) is 0 Å². The van der Waals surface area contributed by atoms with Crippen molar-refractivity contribution < 1.29 is 23.1 Å². The number of aryl methyl sites for hydroxylation is 1. The van der Waals surface area contributed by atoms with Crippen LogP contribution in [0.15, 0.2) is 24.3 Å². The van der Waals surface area contributed by atoms with Crippen molar-refractivity contribution in [3.8, 4) is 0 Å². The smallest absolute Gasteiger partial charge is 0.345 e. The summed E-state index contributed by atoms with van der Waals surface area (Å²) in [5.41, 5.74) is 1.32. The van der Waals surface area contributed by atoms with Crippen molar-refractivity contribution in [2.24, 2.45) is 0 Å². The molecule has 0 N–H and O–H groups in total. The van der Waals surface area contributed by atoms with Gasteiger partial charge in [0.25, 0.3) is 0 Å². The van der Waals surface area contributed by atoms with Crippen LogP contribution in [0.4, 0.5) is 0 Å². The molecule has 23 heavy (non-hydrogen) atoms. The summed E-state index contributed by atoms with van der Waals surface area (Å²) in [6.45, 7) is 5.92. The van der Waals surface area contributed by atoms with E-state index in [2.05, 4.69) is 0 Å². The zero-order valence-electron chi connectivity index (χ0n) is 14.0. The van der Waals surface area contributed by atoms with E-state index in [4.69, 9.17) is 13.8 Å². The predicted octanol–water partition coefficient (Wildman–Crippen LogP) is 3.91. The molecule has 0 spiro atoms. The largest absolute Gasteiger partial charge is 0.465 e. The Morgan fingerprint density at radius 2 is 1.83 bits per heavy atom. The van der Waals surface area contributed by atoms with Crippen LogP contribution in [0.25, 0.3) is 0 Å². The van der Waals surface area contributed by atoms with Crippen LogP contribution >= 0.6 is 7.60 Å². The summed E-state index contributed by atoms with van der Waals surface area (Å²) in [4.78, 5) is 12.6. The van der Waals surface area contributed by atoms with Gasteiger partial charge in [-0.2, -0.15) is 0 Å². The van der Waals surface area contributed by atoms with Gasteiger partial charge in [0.2, 0.25) is 0 Å². The van der Waals surface area contributed by atoms with Gasteiger partial charge >= 0.3 is 13.6 Å². The molecular formula is C17H25O5P. The highest BCUT2D eigenvalue weighted by atomic mass is 31.2. The number of hydrogen-bond donors (Lipinski definition) is 0. The minimum atomic E-state index is -3.59. The average molecular weight is 340 g/mol. The molecule has 1 aliphatic carbocycles. The van der Waals surface area contributed by atoms with Crippen molar-refractivity contribution in [2.75, 3.05) is 19.8 Å². The Labute approximate surface area is 137 Å². The number of rotatable bonds is 8. The lowest BCUT2D eigenvalue weighted by atomic mass is 9.97. The Morgan fingerprint density at radius 3 is 2.43 bits per heavy atom. The first kappa shape index (κ1) is 18.2. The second-order valence-corrected chi connectivity index (χ2v) is 7.57. The van der Waals surface area contributed by atoms with Crippen LogP contribution in [-0.4, -0.2) is 31.4 Å². The SMILES string of the molecule is CCOC(=O)[C@H]([C@@H]1CCc2ccccc21)P(=O)(OCC)OCC. The molecule has 0 saturated carbocycles. The Hall–Kier alpha value is -1.16. The average Bonchev–Trinajstić information content (AvgIpc) is 2.92. The Morgan fingerprint density at radius 1 is 1.17 bits per heavy atom. The molecule has 0 saturated heterocycles. The fourth-order valence-corrected chi connectivity index (χ4v) is 5.42. The molecule has 128 valence electrons. The summed E-state index contributed by atoms with van der Waals surface area (Å²) < 4.78 is 29.4. The Bertz CT molecular complexity index is 576. The van der Waals surface area contributed by atoms with E-state index in [1.165, 1.54) is 5.56 Å². The molecule has 6 heteroatoms. The van der Waals surface area contributed by atoms with Gasteiger partial charge in [0.1, 0.15) is 0 Å². The fraction of sp³-hybridized carbons (Fsp3) is 0.588. The predicted molar refractivity (Wildman–Crippen MR) is 88.8 cm³/mol. The first-order chi connectivity index (χ1) is 11.1. The topological polar surface area (TPSA) is 61.8 Å². The fourth-order valence-electron chi connectivity index (χ4n) is 3.22. The zero-order chi connectivity index (χ0) is 16.9. The molecule has 0 fully saturated rings. The van der Waals surface area contributed by atoms with Gasteiger partial charge in [-0.25, -0.2) is 0 Å². The summed E-state index contributed by atoms with van der Waals surface area (Å²) in [6, 6.07) is 7.95. The van der Waals surface area contributed by atoms with Crippen molar-refractivity contribution in [3.05, 3.63) is 35.4 Å². The monoisotopic (exact) mass is 340 g/mol. The minimum absolute atomic E-state index is 0.200. The first-order valence-electron chi connectivity index (χ1n) is 8.20. The maximum absolute atomic E-state index is 13.3. The standard InChI is InChI=1S/C17H25O5P/c1-4-20-17(18)16(23(19,21-5-2)22-6-3)15-12-11-13-9-7-8-10-14(13)15/h7-10,15-16H,4-6,11-12H2,1-3H3/t15-,16+/m1/s1. The quantitative estimate of drug-likeness (QED) is 0.530. The van der Waals surface area contributed by atoms with Crippen LogP contribution in [-0.2, 0) is 29.6 Å². The van der Waals surface area contributed by atoms with Crippen LogP contribution in [0.3, 0.4) is 0 Å². The van der Waals surface area contributed by atoms with Crippen molar-refractivity contribution >= 4 is 13.6 Å². The molecule has 2 atom stereocenters. The van der Waals surface area contributed by atoms with E-state index >= 15 is 0 Å². The van der Waals surface area contributed by atoms with Gasteiger partial charge in [0.05, 0.1) is 19.8 Å². The van der Waals surface area contributed by atoms with Gasteiger partial charge in [-0.15, -0.1) is 0 Å². The zero-order valence-corrected chi connectivity index (χ0v) is 14.9. The van der Waals surface area contributed by atoms with E-state index in [-0.39, 0.29) is 25.7 Å². The summed E-state index contributed by atoms with van der Waals surface area (Å²) in [7, 11) is -3.59. The minimum Gasteiger partial charge on any atom is -0.465 e. The highest BCUT2D eigenvalue weighted by molar-refractivity contribution is 7.55. The number of benzene rings is 1. The van der Waals surface area contributed by atoms with Crippen molar-refractivity contribution in [1.82, 2.24) is 0 Å². The lowest BCUT2D eigenvalue weighted by Gasteiger charge is -2.29. The third-order valence-electron chi connectivity index (χ3n) is 4.05. The van der Waals surface area contributed by atoms with Gasteiger partial charge in [-0.1, -0.05) is 24.3 Å². The van der Waals surface area contributed by atoms with Crippen LogP contribution in [0, 0.1) is 0 Å². The summed E-state index contributed by atoms with van der Waals surface area (Å²) >= 11 is 0. The molecule has 5 nitrogen and oxygen atoms in total. The first-order valence-corrected chi connectivity index (χ1v) is 9.81. The Kier molecular flexibility index (Phi) is 6.40. The highest BCUT2D eigenvalue weighted by Crippen LogP contribution is 2.59. The van der Waals surface area contributed by atoms with Crippen LogP contribution in [0.5, 0.6) is 0 Å². The number of hydrogen-bond acceptors (Lipinski definition) is 5. The number of carbonyl (C=O) groups is 1. The van der Waals surface area contributed by atoms with E-state index in [9.17, 15) is 9.36 Å². The summed E-state index contributed by atoms with van der Waals surface area (Å²) in [5.74, 6) is -0.700. The van der Waals surface area contributed by atoms with Crippen LogP contribution in [0.2, 0.25) is 0 Å². The maximum atomic E-state index is 13.3. The van der Waals surface area contributed by atoms with Gasteiger partial charge in [-0.05, 0) is 44.7 Å². The summed E-state index contributed by atoms with van der Waals surface area (Å²) in [6.07, 6.45) is 1.60. The third kappa shape index (κ3) is 3.85. The molecule has 0 heterocycles. The summed E-state index contributed by atoms with van der Waals surface area (Å²) in [5, 5.41) is 0. The molecule has 1 aliphatic rings. The van der Waals surface area contributed by atoms with Gasteiger partial charge in [0.15, 0.2) is 5.66 Å². The molecule has 2 rings (SSSR count). The van der Waals surface area contributed by atoms with E-state index in [0.717, 1.165) is 18.4 Å². The van der Waals surface area contributed by atoms with E-state index in [1.807, 2.05) is 24.3 Å². The lowest BCUT2D eigenvalue weighted by Crippen LogP contribution is -2.31. The molecule has 0 amide bonds. The van der Waals surface area contributed by atoms with Gasteiger partial charge in [-0.3, -0.25) is 9.36 Å². The second kappa shape index (κ2) is 8.09. The molecule has 0 bridgehead atoms. The Balaban J connectivity index is 2.42. The van der Waals surface area contributed by atoms with Crippen LogP contribution < -0.4 is 0 Å². The number of carbonyl (C=O) groups excluding carboxylic acids is 1. The highest BCUT2D eigenvalue weighted by Gasteiger charge is 2.49. The lowest BCUT2D eigenvalue weighted by molar-refractivity contribution is -0.143. The number of esters is 1. The molecule has 0 radical (unpaired) electrons. The van der Waals surface area contributed by atoms with E-state index < -0.39 is 19.2 Å². The molecular weight excluding hydrogens is 315 g/mol. The maximum Gasteiger partial charge on any atom is 0.345 e. The molecule has 1 aromatic rings. The van der Waals surface area contributed by atoms with Crippen LogP contribution in [0.1, 0.15) is 44.2 Å². The number of fused-ring (bicyclic) bond motifs is 1. The van der Waals surface area contributed by atoms with Crippen molar-refractivity contribution in [3.63, 3.8) is 0 Å². The number of ether oxygens (including phenoxy) is 1. The molecule has 0 aliphatic heterocycles. The van der Waals surface area contributed by atoms with Crippen molar-refractivity contribution in [1.29, 1.82) is 0 Å². The normalized spacial score (nSPS) is 18.5. The van der Waals surface area contributed by atoms with Gasteiger partial charge in [0, 0.05) is 5.92 Å². The molecule has 1 aromatic carbocycles. The second-order valence-electron chi connectivity index (χ2n) is 5.42. The third-order valence-corrected chi connectivity index (χ3v) is 6.54. The van der Waals surface area contributed by atoms with Crippen molar-refractivity contribution in [2.45, 2.75) is 45.2 Å². The van der Waals surface area contributed by atoms with E-state index in [1.54, 1.807) is 20.8 Å². The molecule has 0 unspecified atom stereocenters.